The molecular formula is C32H39N3O5. The van der Waals surface area contributed by atoms with Crippen molar-refractivity contribution >= 4 is 23.6 Å². The van der Waals surface area contributed by atoms with Crippen LogP contribution in [0.3, 0.4) is 0 Å². The molecule has 0 aliphatic heterocycles. The number of likely N-dealkylation sites (N-methyl/N-ethyl adjacent to an activating group) is 1. The Kier molecular flexibility index (Phi) is 9.07. The van der Waals surface area contributed by atoms with Gasteiger partial charge in [0.2, 0.25) is 5.91 Å². The van der Waals surface area contributed by atoms with Crippen molar-refractivity contribution in [2.45, 2.75) is 64.8 Å². The van der Waals surface area contributed by atoms with Crippen molar-refractivity contribution in [1.82, 2.24) is 16.0 Å². The molecule has 0 spiro atoms. The van der Waals surface area contributed by atoms with E-state index < -0.39 is 12.1 Å². The second-order valence-electron chi connectivity index (χ2n) is 11.4. The fourth-order valence-corrected chi connectivity index (χ4v) is 5.77. The zero-order valence-corrected chi connectivity index (χ0v) is 23.8. The topological polar surface area (TPSA) is 114 Å². The molecule has 40 heavy (non-hydrogen) atoms. The zero-order valence-electron chi connectivity index (χ0n) is 23.8. The first-order valence-corrected chi connectivity index (χ1v) is 14.0. The minimum absolute atomic E-state index is 0.00361. The minimum Gasteiger partial charge on any atom is -0.449 e. The molecule has 2 aromatic carbocycles. The number of Topliss-reactive ketones (excluding diaryl/α,β-unsaturated/α-hetero) is 2. The van der Waals surface area contributed by atoms with Crippen LogP contribution in [0.25, 0.3) is 11.1 Å². The summed E-state index contributed by atoms with van der Waals surface area (Å²) in [5, 5.41) is 8.55. The Labute approximate surface area is 235 Å². The van der Waals surface area contributed by atoms with Crippen LogP contribution in [0.2, 0.25) is 0 Å². The highest BCUT2D eigenvalue weighted by Gasteiger charge is 2.37. The summed E-state index contributed by atoms with van der Waals surface area (Å²) in [6.45, 7) is 6.16. The molecule has 0 radical (unpaired) electrons. The van der Waals surface area contributed by atoms with Gasteiger partial charge in [-0.25, -0.2) is 4.79 Å². The van der Waals surface area contributed by atoms with Crippen LogP contribution in [0.5, 0.6) is 0 Å². The molecule has 2 aliphatic carbocycles. The van der Waals surface area contributed by atoms with Gasteiger partial charge in [-0.3, -0.25) is 14.4 Å². The predicted molar refractivity (Wildman–Crippen MR) is 154 cm³/mol. The summed E-state index contributed by atoms with van der Waals surface area (Å²) in [4.78, 5) is 50.2. The van der Waals surface area contributed by atoms with Gasteiger partial charge in [-0.1, -0.05) is 62.4 Å². The Morgan fingerprint density at radius 2 is 1.52 bits per heavy atom. The van der Waals surface area contributed by atoms with Gasteiger partial charge in [-0.15, -0.1) is 0 Å². The highest BCUT2D eigenvalue weighted by Crippen LogP contribution is 2.44. The van der Waals surface area contributed by atoms with Gasteiger partial charge in [-0.05, 0) is 53.9 Å². The van der Waals surface area contributed by atoms with E-state index in [1.807, 2.05) is 38.1 Å². The van der Waals surface area contributed by atoms with Gasteiger partial charge in [0.15, 0.2) is 11.6 Å². The summed E-state index contributed by atoms with van der Waals surface area (Å²) in [5.74, 6) is -0.590. The number of ether oxygens (including phenoxy) is 1. The molecule has 212 valence electrons. The van der Waals surface area contributed by atoms with Gasteiger partial charge in [0, 0.05) is 38.0 Å². The number of benzene rings is 2. The van der Waals surface area contributed by atoms with Crippen LogP contribution in [-0.4, -0.2) is 49.8 Å². The second-order valence-corrected chi connectivity index (χ2v) is 11.4. The average molecular weight is 546 g/mol. The first-order valence-electron chi connectivity index (χ1n) is 14.0. The number of hydrogen-bond acceptors (Lipinski definition) is 6. The zero-order chi connectivity index (χ0) is 28.9. The molecule has 2 amide bonds. The van der Waals surface area contributed by atoms with E-state index >= 15 is 0 Å². The van der Waals surface area contributed by atoms with Gasteiger partial charge in [0.25, 0.3) is 0 Å². The fraction of sp³-hybridized carbons (Fsp3) is 0.438. The van der Waals surface area contributed by atoms with Gasteiger partial charge in [0.1, 0.15) is 12.6 Å². The monoisotopic (exact) mass is 545 g/mol. The summed E-state index contributed by atoms with van der Waals surface area (Å²) in [7, 11) is 1.55. The Morgan fingerprint density at radius 3 is 2.10 bits per heavy atom. The molecule has 0 aromatic heterocycles. The lowest BCUT2D eigenvalue weighted by atomic mass is 9.73. The van der Waals surface area contributed by atoms with E-state index in [4.69, 9.17) is 4.74 Å². The number of fused-ring (bicyclic) bond motifs is 3. The first-order chi connectivity index (χ1) is 19.1. The Bertz CT molecular complexity index is 1260. The summed E-state index contributed by atoms with van der Waals surface area (Å²) in [6.07, 6.45) is 1.90. The van der Waals surface area contributed by atoms with E-state index in [1.165, 1.54) is 11.1 Å². The average Bonchev–Trinajstić information content (AvgIpc) is 3.23. The smallest absolute Gasteiger partial charge is 0.407 e. The highest BCUT2D eigenvalue weighted by atomic mass is 16.5. The number of carbonyl (C=O) groups is 4. The van der Waals surface area contributed by atoms with E-state index in [9.17, 15) is 19.2 Å². The maximum atomic E-state index is 12.6. The van der Waals surface area contributed by atoms with Crippen LogP contribution in [0.4, 0.5) is 4.79 Å². The molecule has 2 aromatic rings. The summed E-state index contributed by atoms with van der Waals surface area (Å²) in [5.41, 5.74) is 4.95. The van der Waals surface area contributed by atoms with Crippen LogP contribution in [0.1, 0.15) is 69.9 Å². The number of allylic oxidation sites excluding steroid dienone is 2. The third kappa shape index (κ3) is 6.61. The van der Waals surface area contributed by atoms with Crippen molar-refractivity contribution in [1.29, 1.82) is 0 Å². The molecule has 1 saturated carbocycles. The molecular weight excluding hydrogens is 506 g/mol. The number of hydrogen-bond donors (Lipinski definition) is 3. The van der Waals surface area contributed by atoms with Crippen LogP contribution in [0.15, 0.2) is 59.8 Å². The quantitative estimate of drug-likeness (QED) is 0.228. The summed E-state index contributed by atoms with van der Waals surface area (Å²) >= 11 is 0. The third-order valence-corrected chi connectivity index (χ3v) is 7.70. The van der Waals surface area contributed by atoms with Crippen LogP contribution in [-0.2, 0) is 19.1 Å². The second kappa shape index (κ2) is 12.5. The molecule has 0 bridgehead atoms. The number of amides is 2. The number of ketones is 2. The number of carbonyl (C=O) groups excluding carboxylic acids is 4. The van der Waals surface area contributed by atoms with Crippen molar-refractivity contribution in [3.63, 3.8) is 0 Å². The molecule has 0 heterocycles. The molecule has 4 rings (SSSR count). The largest absolute Gasteiger partial charge is 0.449 e. The van der Waals surface area contributed by atoms with Gasteiger partial charge in [0.05, 0.1) is 5.57 Å². The SMILES string of the molecule is CNC(=O)C(CCCCNC(=O)OCC1c2ccccc2-c2ccccc21)NC(C)=C1C(=O)CC(C)(C)CC1=O. The molecule has 2 aliphatic rings. The van der Waals surface area contributed by atoms with Crippen molar-refractivity contribution in [3.8, 4) is 11.1 Å². The Morgan fingerprint density at radius 1 is 0.950 bits per heavy atom. The highest BCUT2D eigenvalue weighted by molar-refractivity contribution is 6.22. The minimum atomic E-state index is -0.595. The van der Waals surface area contributed by atoms with Crippen molar-refractivity contribution in [3.05, 3.63) is 70.9 Å². The molecule has 1 fully saturated rings. The molecule has 8 heteroatoms. The lowest BCUT2D eigenvalue weighted by molar-refractivity contribution is -0.128. The molecule has 1 unspecified atom stereocenters. The first kappa shape index (κ1) is 29.1. The lowest BCUT2D eigenvalue weighted by Gasteiger charge is -2.30. The number of rotatable bonds is 10. The number of nitrogens with one attached hydrogen (secondary N) is 3. The maximum Gasteiger partial charge on any atom is 0.407 e. The summed E-state index contributed by atoms with van der Waals surface area (Å²) < 4.78 is 5.58. The van der Waals surface area contributed by atoms with Crippen molar-refractivity contribution in [2.24, 2.45) is 5.41 Å². The van der Waals surface area contributed by atoms with Gasteiger partial charge < -0.3 is 20.7 Å². The van der Waals surface area contributed by atoms with Crippen molar-refractivity contribution in [2.75, 3.05) is 20.2 Å². The molecule has 1 atom stereocenters. The van der Waals surface area contributed by atoms with Crippen LogP contribution >= 0.6 is 0 Å². The summed E-state index contributed by atoms with van der Waals surface area (Å²) in [6, 6.07) is 15.8. The molecule has 0 saturated heterocycles. The van der Waals surface area contributed by atoms with Crippen LogP contribution in [0, 0.1) is 5.41 Å². The van der Waals surface area contributed by atoms with E-state index in [0.717, 1.165) is 11.1 Å². The molecule has 3 N–H and O–H groups in total. The Hall–Kier alpha value is -3.94. The van der Waals surface area contributed by atoms with Gasteiger partial charge >= 0.3 is 6.09 Å². The van der Waals surface area contributed by atoms with Gasteiger partial charge in [-0.2, -0.15) is 0 Å². The predicted octanol–water partition coefficient (Wildman–Crippen LogP) is 4.63. The third-order valence-electron chi connectivity index (χ3n) is 7.70. The maximum absolute atomic E-state index is 12.6. The lowest BCUT2D eigenvalue weighted by Crippen LogP contribution is -2.43. The fourth-order valence-electron chi connectivity index (χ4n) is 5.77. The van der Waals surface area contributed by atoms with Crippen LogP contribution < -0.4 is 16.0 Å². The normalized spacial score (nSPS) is 16.6. The van der Waals surface area contributed by atoms with E-state index in [0.29, 0.717) is 44.3 Å². The van der Waals surface area contributed by atoms with Crippen molar-refractivity contribution < 1.29 is 23.9 Å². The molecule has 8 nitrogen and oxygen atoms in total. The van der Waals surface area contributed by atoms with E-state index in [1.54, 1.807) is 14.0 Å². The van der Waals surface area contributed by atoms with E-state index in [2.05, 4.69) is 40.2 Å². The Balaban J connectivity index is 1.24. The van der Waals surface area contributed by atoms with E-state index in [-0.39, 0.29) is 41.0 Å². The number of alkyl carbamates (subject to hydrolysis) is 1. The number of unbranched alkanes of at least 4 members (excludes halogenated alkanes) is 1. The standard InChI is InChI=1S/C32H39N3O5/c1-20(29-27(36)17-32(2,3)18-28(29)37)35-26(30(38)33-4)15-9-10-16-34-31(39)40-19-25-23-13-7-5-11-21(23)22-12-6-8-14-24(22)25/h5-8,11-14,25-26,35H,9-10,15-19H2,1-4H3,(H,33,38)(H,34,39).